The van der Waals surface area contributed by atoms with Gasteiger partial charge in [0.2, 0.25) is 5.91 Å². The van der Waals surface area contributed by atoms with Gasteiger partial charge in [0.1, 0.15) is 6.61 Å². The van der Waals surface area contributed by atoms with Crippen LogP contribution in [0.4, 0.5) is 0 Å². The van der Waals surface area contributed by atoms with Gasteiger partial charge in [0, 0.05) is 13.5 Å². The van der Waals surface area contributed by atoms with Gasteiger partial charge in [0.15, 0.2) is 0 Å². The minimum absolute atomic E-state index is 0.0678. The Morgan fingerprint density at radius 1 is 1.50 bits per heavy atom. The van der Waals surface area contributed by atoms with E-state index in [-0.39, 0.29) is 24.7 Å². The average Bonchev–Trinajstić information content (AvgIpc) is 2.64. The molecule has 18 heavy (non-hydrogen) atoms. The lowest BCUT2D eigenvalue weighted by atomic mass is 10.0. The maximum absolute atomic E-state index is 11.8. The summed E-state index contributed by atoms with van der Waals surface area (Å²) in [5.74, 6) is 3.32. The average molecular weight is 249 g/mol. The van der Waals surface area contributed by atoms with Crippen molar-refractivity contribution in [3.63, 3.8) is 0 Å². The lowest BCUT2D eigenvalue weighted by Gasteiger charge is -2.35. The quantitative estimate of drug-likeness (QED) is 0.551. The number of nitrogens with zero attached hydrogens (tertiary/aromatic N) is 1. The summed E-state index contributed by atoms with van der Waals surface area (Å²) in [6.45, 7) is 8.98. The Labute approximate surface area is 110 Å². The molecule has 3 unspecified atom stereocenters. The van der Waals surface area contributed by atoms with Crippen molar-refractivity contribution >= 4 is 5.91 Å². The fourth-order valence-electron chi connectivity index (χ4n) is 2.42. The summed E-state index contributed by atoms with van der Waals surface area (Å²) in [6.07, 6.45) is 9.26. The molecule has 1 aliphatic rings. The van der Waals surface area contributed by atoms with Crippen LogP contribution in [-0.4, -0.2) is 36.1 Å². The van der Waals surface area contributed by atoms with Gasteiger partial charge in [-0.05, 0) is 11.8 Å². The highest BCUT2D eigenvalue weighted by Crippen LogP contribution is 2.27. The molecule has 0 spiro atoms. The molecular weight excluding hydrogens is 226 g/mol. The largest absolute Gasteiger partial charge is 0.359 e. The van der Waals surface area contributed by atoms with Crippen LogP contribution in [0.1, 0.15) is 27.7 Å². The number of carbonyl (C=O) groups is 1. The molecule has 0 fully saturated rings. The van der Waals surface area contributed by atoms with Crippen LogP contribution in [0, 0.1) is 24.2 Å². The molecule has 0 aromatic heterocycles. The first-order chi connectivity index (χ1) is 8.47. The molecule has 0 N–H and O–H groups in total. The first-order valence-corrected chi connectivity index (χ1v) is 6.48. The van der Waals surface area contributed by atoms with Crippen LogP contribution in [0.15, 0.2) is 12.2 Å². The third kappa shape index (κ3) is 3.61. The highest BCUT2D eigenvalue weighted by Gasteiger charge is 2.36. The number of ether oxygens (including phenoxy) is 1. The van der Waals surface area contributed by atoms with Crippen molar-refractivity contribution in [2.24, 2.45) is 11.8 Å². The van der Waals surface area contributed by atoms with Gasteiger partial charge in [-0.25, -0.2) is 0 Å². The molecule has 1 rings (SSSR count). The molecule has 3 nitrogen and oxygen atoms in total. The zero-order valence-corrected chi connectivity index (χ0v) is 11.7. The summed E-state index contributed by atoms with van der Waals surface area (Å²) >= 11 is 0. The summed E-state index contributed by atoms with van der Waals surface area (Å²) in [6, 6.07) is 0.0678. The van der Waals surface area contributed by atoms with Crippen molar-refractivity contribution in [2.75, 3.05) is 13.2 Å². The fraction of sp³-hybridized carbons (Fsp3) is 0.667. The number of hydrogen-bond acceptors (Lipinski definition) is 2. The van der Waals surface area contributed by atoms with E-state index in [2.05, 4.69) is 32.8 Å². The Morgan fingerprint density at radius 3 is 2.67 bits per heavy atom. The Hall–Kier alpha value is -1.27. The lowest BCUT2D eigenvalue weighted by Crippen LogP contribution is -2.49. The molecule has 100 valence electrons. The topological polar surface area (TPSA) is 29.5 Å². The molecule has 0 aromatic carbocycles. The van der Waals surface area contributed by atoms with Crippen molar-refractivity contribution in [3.05, 3.63) is 12.2 Å². The fourth-order valence-corrected chi connectivity index (χ4v) is 2.42. The first kappa shape index (κ1) is 14.8. The summed E-state index contributed by atoms with van der Waals surface area (Å²) in [5.41, 5.74) is 0. The van der Waals surface area contributed by atoms with E-state index in [0.717, 1.165) is 6.54 Å². The molecule has 3 atom stereocenters. The molecule has 0 bridgehead atoms. The number of carbonyl (C=O) groups excluding carboxylic acids is 1. The van der Waals surface area contributed by atoms with Gasteiger partial charge >= 0.3 is 0 Å². The maximum atomic E-state index is 11.8. The van der Waals surface area contributed by atoms with E-state index in [1.165, 1.54) is 0 Å². The van der Waals surface area contributed by atoms with Crippen molar-refractivity contribution in [1.29, 1.82) is 0 Å². The van der Waals surface area contributed by atoms with Crippen LogP contribution in [0.2, 0.25) is 0 Å². The molecule has 0 radical (unpaired) electrons. The molecule has 0 aromatic rings. The van der Waals surface area contributed by atoms with Crippen LogP contribution in [0.5, 0.6) is 0 Å². The predicted octanol–water partition coefficient (Wildman–Crippen LogP) is 2.08. The van der Waals surface area contributed by atoms with E-state index < -0.39 is 0 Å². The van der Waals surface area contributed by atoms with Gasteiger partial charge in [-0.3, -0.25) is 4.79 Å². The number of amides is 1. The molecule has 0 saturated carbocycles. The second-order valence-electron chi connectivity index (χ2n) is 5.28. The minimum Gasteiger partial charge on any atom is -0.359 e. The Morgan fingerprint density at radius 2 is 2.17 bits per heavy atom. The Kier molecular flexibility index (Phi) is 5.43. The van der Waals surface area contributed by atoms with Gasteiger partial charge in [-0.15, -0.1) is 6.42 Å². The maximum Gasteiger partial charge on any atom is 0.219 e. The molecule has 1 amide bonds. The minimum atomic E-state index is -0.0845. The van der Waals surface area contributed by atoms with Gasteiger partial charge in [0.25, 0.3) is 0 Å². The van der Waals surface area contributed by atoms with Gasteiger partial charge in [-0.1, -0.05) is 38.8 Å². The highest BCUT2D eigenvalue weighted by atomic mass is 16.5. The molecule has 1 aliphatic carbocycles. The van der Waals surface area contributed by atoms with Gasteiger partial charge < -0.3 is 9.64 Å². The molecule has 0 aliphatic heterocycles. The third-order valence-corrected chi connectivity index (χ3v) is 3.16. The van der Waals surface area contributed by atoms with E-state index in [0.29, 0.717) is 11.8 Å². The van der Waals surface area contributed by atoms with Gasteiger partial charge in [-0.2, -0.15) is 0 Å². The van der Waals surface area contributed by atoms with Crippen LogP contribution in [-0.2, 0) is 9.53 Å². The first-order valence-electron chi connectivity index (χ1n) is 6.48. The zero-order chi connectivity index (χ0) is 13.7. The zero-order valence-electron chi connectivity index (χ0n) is 11.7. The monoisotopic (exact) mass is 249 g/mol. The van der Waals surface area contributed by atoms with E-state index in [4.69, 9.17) is 11.2 Å². The van der Waals surface area contributed by atoms with Crippen molar-refractivity contribution in [1.82, 2.24) is 4.90 Å². The van der Waals surface area contributed by atoms with Crippen LogP contribution >= 0.6 is 0 Å². The van der Waals surface area contributed by atoms with Crippen molar-refractivity contribution in [2.45, 2.75) is 39.8 Å². The lowest BCUT2D eigenvalue weighted by molar-refractivity contribution is -0.135. The van der Waals surface area contributed by atoms with Crippen LogP contribution in [0.25, 0.3) is 0 Å². The molecular formula is C15H23NO2. The van der Waals surface area contributed by atoms with Crippen molar-refractivity contribution in [3.8, 4) is 12.3 Å². The van der Waals surface area contributed by atoms with E-state index in [1.54, 1.807) is 6.92 Å². The Bertz CT molecular complexity index is 354. The third-order valence-electron chi connectivity index (χ3n) is 3.16. The standard InChI is InChI=1S/C15H23NO2/c1-6-9-18-14-8-7-12(4)15(14)16(13(5)17)10-11(2)3/h1,7-8,11-12,14-15H,9-10H2,2-5H3. The molecule has 0 saturated heterocycles. The second kappa shape index (κ2) is 6.61. The van der Waals surface area contributed by atoms with E-state index >= 15 is 0 Å². The number of rotatable bonds is 5. The van der Waals surface area contributed by atoms with Crippen LogP contribution < -0.4 is 0 Å². The normalized spacial score (nSPS) is 26.3. The van der Waals surface area contributed by atoms with Crippen molar-refractivity contribution < 1.29 is 9.53 Å². The summed E-state index contributed by atoms with van der Waals surface area (Å²) in [4.78, 5) is 13.7. The van der Waals surface area contributed by atoms with E-state index in [1.807, 2.05) is 11.0 Å². The number of terminal acetylenes is 1. The predicted molar refractivity (Wildman–Crippen MR) is 72.9 cm³/mol. The summed E-state index contributed by atoms with van der Waals surface area (Å²) in [5, 5.41) is 0. The molecule has 3 heteroatoms. The molecule has 0 heterocycles. The van der Waals surface area contributed by atoms with Gasteiger partial charge in [0.05, 0.1) is 12.1 Å². The number of hydrogen-bond donors (Lipinski definition) is 0. The summed E-state index contributed by atoms with van der Waals surface area (Å²) < 4.78 is 5.63. The highest BCUT2D eigenvalue weighted by molar-refractivity contribution is 5.74. The summed E-state index contributed by atoms with van der Waals surface area (Å²) in [7, 11) is 0. The second-order valence-corrected chi connectivity index (χ2v) is 5.28. The smallest absolute Gasteiger partial charge is 0.219 e. The van der Waals surface area contributed by atoms with E-state index in [9.17, 15) is 4.79 Å². The van der Waals surface area contributed by atoms with Crippen LogP contribution in [0.3, 0.4) is 0 Å². The Balaban J connectivity index is 2.80. The SMILES string of the molecule is C#CCOC1C=CC(C)C1N(CC(C)C)C(C)=O.